The lowest BCUT2D eigenvalue weighted by Gasteiger charge is -2.21. The summed E-state index contributed by atoms with van der Waals surface area (Å²) >= 11 is 0. The molecule has 4 heteroatoms. The minimum atomic E-state index is -0.436. The van der Waals surface area contributed by atoms with E-state index < -0.39 is 5.41 Å². The van der Waals surface area contributed by atoms with Crippen LogP contribution < -0.4 is 0 Å². The Balaban J connectivity index is 2.39. The van der Waals surface area contributed by atoms with E-state index in [1.807, 2.05) is 20.8 Å². The summed E-state index contributed by atoms with van der Waals surface area (Å²) in [4.78, 5) is 11.8. The highest BCUT2D eigenvalue weighted by Gasteiger charge is 2.40. The molecule has 0 saturated carbocycles. The Bertz CT molecular complexity index is 343. The Labute approximate surface area is 135 Å². The summed E-state index contributed by atoms with van der Waals surface area (Å²) in [6.45, 7) is 13.9. The number of esters is 1. The van der Waals surface area contributed by atoms with E-state index >= 15 is 0 Å². The lowest BCUT2D eigenvalue weighted by molar-refractivity contribution is -0.153. The van der Waals surface area contributed by atoms with Gasteiger partial charge in [0.1, 0.15) is 0 Å². The van der Waals surface area contributed by atoms with Crippen molar-refractivity contribution in [1.82, 2.24) is 0 Å². The number of hydrogen-bond acceptors (Lipinski definition) is 4. The zero-order chi connectivity index (χ0) is 16.8. The van der Waals surface area contributed by atoms with E-state index in [1.165, 1.54) is 0 Å². The van der Waals surface area contributed by atoms with Crippen molar-refractivity contribution in [3.63, 3.8) is 0 Å². The standard InChI is InChI=1S/C18H34O4/c1-7-8-10-20-13-15-14(12-18(5,6)22-15)9-11-21-16(19)17(2,3)4/h14-15H,7-13H2,1-6H3/t14-,15?/m1/s1. The summed E-state index contributed by atoms with van der Waals surface area (Å²) in [5, 5.41) is 0. The Kier molecular flexibility index (Phi) is 7.33. The molecule has 0 aromatic heterocycles. The Morgan fingerprint density at radius 1 is 1.27 bits per heavy atom. The zero-order valence-electron chi connectivity index (χ0n) is 15.2. The van der Waals surface area contributed by atoms with Crippen molar-refractivity contribution in [2.75, 3.05) is 19.8 Å². The summed E-state index contributed by atoms with van der Waals surface area (Å²) in [6, 6.07) is 0. The molecule has 1 rings (SSSR count). The second kappa shape index (κ2) is 8.30. The highest BCUT2D eigenvalue weighted by Crippen LogP contribution is 2.36. The molecule has 1 fully saturated rings. The van der Waals surface area contributed by atoms with E-state index in [1.54, 1.807) is 0 Å². The van der Waals surface area contributed by atoms with Crippen LogP contribution in [0.1, 0.15) is 67.2 Å². The molecule has 1 aliphatic rings. The van der Waals surface area contributed by atoms with E-state index in [4.69, 9.17) is 14.2 Å². The van der Waals surface area contributed by atoms with Crippen LogP contribution in [-0.4, -0.2) is 37.5 Å². The summed E-state index contributed by atoms with van der Waals surface area (Å²) in [5.41, 5.74) is -0.550. The highest BCUT2D eigenvalue weighted by atomic mass is 16.6. The topological polar surface area (TPSA) is 44.8 Å². The van der Waals surface area contributed by atoms with E-state index in [2.05, 4.69) is 20.8 Å². The van der Waals surface area contributed by atoms with Crippen molar-refractivity contribution in [3.05, 3.63) is 0 Å². The molecule has 0 spiro atoms. The first kappa shape index (κ1) is 19.4. The first-order chi connectivity index (χ1) is 10.2. The van der Waals surface area contributed by atoms with Crippen molar-refractivity contribution in [2.24, 2.45) is 11.3 Å². The molecule has 1 saturated heterocycles. The van der Waals surface area contributed by atoms with Gasteiger partial charge in [-0.3, -0.25) is 4.79 Å². The maximum atomic E-state index is 11.8. The first-order valence-corrected chi connectivity index (χ1v) is 8.58. The SMILES string of the molecule is CCCCOCC1OC(C)(C)C[C@H]1CCOC(=O)C(C)(C)C. The lowest BCUT2D eigenvalue weighted by atomic mass is 9.92. The monoisotopic (exact) mass is 314 g/mol. The third-order valence-corrected chi connectivity index (χ3v) is 4.01. The quantitative estimate of drug-likeness (QED) is 0.502. The van der Waals surface area contributed by atoms with Crippen LogP contribution in [0.4, 0.5) is 0 Å². The van der Waals surface area contributed by atoms with Crippen LogP contribution in [0.15, 0.2) is 0 Å². The molecule has 0 N–H and O–H groups in total. The Morgan fingerprint density at radius 3 is 2.55 bits per heavy atom. The van der Waals surface area contributed by atoms with Gasteiger partial charge in [0.2, 0.25) is 0 Å². The number of rotatable bonds is 8. The second-order valence-electron chi connectivity index (χ2n) is 7.98. The molecular formula is C18H34O4. The third kappa shape index (κ3) is 6.66. The van der Waals surface area contributed by atoms with Gasteiger partial charge in [-0.05, 0) is 59.8 Å². The van der Waals surface area contributed by atoms with E-state index in [0.717, 1.165) is 32.3 Å². The summed E-state index contributed by atoms with van der Waals surface area (Å²) in [7, 11) is 0. The fourth-order valence-electron chi connectivity index (χ4n) is 2.74. The molecule has 130 valence electrons. The minimum Gasteiger partial charge on any atom is -0.465 e. The van der Waals surface area contributed by atoms with Crippen LogP contribution in [-0.2, 0) is 19.0 Å². The predicted octanol–water partition coefficient (Wildman–Crippen LogP) is 3.97. The molecule has 0 aromatic carbocycles. The van der Waals surface area contributed by atoms with Crippen LogP contribution in [0, 0.1) is 11.3 Å². The maximum absolute atomic E-state index is 11.8. The lowest BCUT2D eigenvalue weighted by Crippen LogP contribution is -2.27. The van der Waals surface area contributed by atoms with Crippen LogP contribution in [0.2, 0.25) is 0 Å². The fourth-order valence-corrected chi connectivity index (χ4v) is 2.74. The molecule has 0 aromatic rings. The molecule has 1 unspecified atom stereocenters. The highest BCUT2D eigenvalue weighted by molar-refractivity contribution is 5.75. The minimum absolute atomic E-state index is 0.111. The number of carbonyl (C=O) groups excluding carboxylic acids is 1. The molecular weight excluding hydrogens is 280 g/mol. The van der Waals surface area contributed by atoms with Gasteiger partial charge in [-0.1, -0.05) is 13.3 Å². The second-order valence-corrected chi connectivity index (χ2v) is 7.98. The van der Waals surface area contributed by atoms with Crippen LogP contribution >= 0.6 is 0 Å². The van der Waals surface area contributed by atoms with Gasteiger partial charge in [0.05, 0.1) is 30.3 Å². The van der Waals surface area contributed by atoms with Crippen molar-refractivity contribution >= 4 is 5.97 Å². The molecule has 0 radical (unpaired) electrons. The van der Waals surface area contributed by atoms with Gasteiger partial charge in [0, 0.05) is 6.61 Å². The number of unbranched alkanes of at least 4 members (excludes halogenated alkanes) is 1. The summed E-state index contributed by atoms with van der Waals surface area (Å²) in [5.74, 6) is 0.255. The van der Waals surface area contributed by atoms with Gasteiger partial charge >= 0.3 is 5.97 Å². The van der Waals surface area contributed by atoms with Gasteiger partial charge < -0.3 is 14.2 Å². The van der Waals surface area contributed by atoms with Crippen molar-refractivity contribution in [2.45, 2.75) is 78.9 Å². The Morgan fingerprint density at radius 2 is 1.95 bits per heavy atom. The molecule has 22 heavy (non-hydrogen) atoms. The molecule has 1 heterocycles. The average molecular weight is 314 g/mol. The number of carbonyl (C=O) groups is 1. The van der Waals surface area contributed by atoms with Crippen LogP contribution in [0.5, 0.6) is 0 Å². The summed E-state index contributed by atoms with van der Waals surface area (Å²) in [6.07, 6.45) is 4.17. The largest absolute Gasteiger partial charge is 0.465 e. The van der Waals surface area contributed by atoms with Gasteiger partial charge in [0.25, 0.3) is 0 Å². The van der Waals surface area contributed by atoms with Gasteiger partial charge in [-0.15, -0.1) is 0 Å². The molecule has 2 atom stereocenters. The predicted molar refractivity (Wildman–Crippen MR) is 87.8 cm³/mol. The van der Waals surface area contributed by atoms with Crippen molar-refractivity contribution in [1.29, 1.82) is 0 Å². The Hall–Kier alpha value is -0.610. The van der Waals surface area contributed by atoms with Gasteiger partial charge in [-0.25, -0.2) is 0 Å². The van der Waals surface area contributed by atoms with E-state index in [-0.39, 0.29) is 17.7 Å². The fraction of sp³-hybridized carbons (Fsp3) is 0.944. The molecule has 4 nitrogen and oxygen atoms in total. The van der Waals surface area contributed by atoms with Crippen molar-refractivity contribution in [3.8, 4) is 0 Å². The van der Waals surface area contributed by atoms with Crippen LogP contribution in [0.25, 0.3) is 0 Å². The molecule has 1 aliphatic heterocycles. The van der Waals surface area contributed by atoms with Crippen LogP contribution in [0.3, 0.4) is 0 Å². The average Bonchev–Trinajstić information content (AvgIpc) is 2.68. The molecule has 0 amide bonds. The van der Waals surface area contributed by atoms with E-state index in [9.17, 15) is 4.79 Å². The van der Waals surface area contributed by atoms with E-state index in [0.29, 0.717) is 19.1 Å². The van der Waals surface area contributed by atoms with Crippen molar-refractivity contribution < 1.29 is 19.0 Å². The smallest absolute Gasteiger partial charge is 0.311 e. The molecule has 0 aliphatic carbocycles. The molecule has 0 bridgehead atoms. The number of hydrogen-bond donors (Lipinski definition) is 0. The summed E-state index contributed by atoms with van der Waals surface area (Å²) < 4.78 is 17.2. The van der Waals surface area contributed by atoms with Gasteiger partial charge in [-0.2, -0.15) is 0 Å². The maximum Gasteiger partial charge on any atom is 0.311 e. The number of ether oxygens (including phenoxy) is 3. The third-order valence-electron chi connectivity index (χ3n) is 4.01. The zero-order valence-corrected chi connectivity index (χ0v) is 15.2. The first-order valence-electron chi connectivity index (χ1n) is 8.58. The normalized spacial score (nSPS) is 24.5. The van der Waals surface area contributed by atoms with Gasteiger partial charge in [0.15, 0.2) is 0 Å².